The van der Waals surface area contributed by atoms with Gasteiger partial charge in [0.05, 0.1) is 25.2 Å². The summed E-state index contributed by atoms with van der Waals surface area (Å²) >= 11 is 0. The van der Waals surface area contributed by atoms with Gasteiger partial charge in [0.15, 0.2) is 0 Å². The number of aromatic carboxylic acids is 1. The van der Waals surface area contributed by atoms with E-state index in [1.165, 1.54) is 0 Å². The molecule has 152 valence electrons. The minimum Gasteiger partial charge on any atom is -0.535 e. The van der Waals surface area contributed by atoms with Gasteiger partial charge in [0, 0.05) is 6.54 Å². The second-order valence-electron chi connectivity index (χ2n) is 7.18. The van der Waals surface area contributed by atoms with E-state index in [4.69, 9.17) is 9.39 Å². The van der Waals surface area contributed by atoms with Gasteiger partial charge in [0.2, 0.25) is 5.91 Å². The number of hydrogen-bond donors (Lipinski definition) is 4. The molecule has 3 heterocycles. The summed E-state index contributed by atoms with van der Waals surface area (Å²) in [5.41, 5.74) is 0.623. The third-order valence-electron chi connectivity index (χ3n) is 5.19. The van der Waals surface area contributed by atoms with Crippen molar-refractivity contribution in [2.45, 2.75) is 37.4 Å². The minimum absolute atomic E-state index is 0. The van der Waals surface area contributed by atoms with Crippen molar-refractivity contribution in [2.24, 2.45) is 0 Å². The van der Waals surface area contributed by atoms with Crippen LogP contribution in [0.15, 0.2) is 12.1 Å². The van der Waals surface area contributed by atoms with E-state index in [2.05, 4.69) is 5.32 Å². The molecule has 0 spiro atoms. The number of carbonyl (C=O) groups is 2. The van der Waals surface area contributed by atoms with Crippen molar-refractivity contribution in [3.63, 3.8) is 0 Å². The van der Waals surface area contributed by atoms with Crippen molar-refractivity contribution in [2.75, 3.05) is 19.6 Å². The monoisotopic (exact) mass is 412 g/mol. The van der Waals surface area contributed by atoms with Crippen LogP contribution in [0.4, 0.5) is 0 Å². The first-order chi connectivity index (χ1) is 12.9. The molecule has 0 aromatic heterocycles. The van der Waals surface area contributed by atoms with E-state index >= 15 is 0 Å². The SMILES string of the molecule is Cl.O=C(O)c1c(OC2CN(C(=O)[C@@H]3CC(O)CN3)C2)ccc2c1OB(O)CC2. The van der Waals surface area contributed by atoms with Crippen LogP contribution in [0.5, 0.6) is 11.5 Å². The fourth-order valence-electron chi connectivity index (χ4n) is 3.71. The Morgan fingerprint density at radius 1 is 1.32 bits per heavy atom. The van der Waals surface area contributed by atoms with Crippen LogP contribution < -0.4 is 14.7 Å². The standard InChI is InChI=1S/C17H21BN2O7.ClH/c21-10-5-12(19-6-10)16(22)20-7-11(8-20)26-13-2-1-9-3-4-18(25)27-15(9)14(13)17(23)24;/h1-2,10-12,19,21,25H,3-8H2,(H,23,24);1H/t10?,12-;/m0./s1. The molecule has 9 nitrogen and oxygen atoms in total. The second kappa shape index (κ2) is 8.16. The summed E-state index contributed by atoms with van der Waals surface area (Å²) in [5, 5.41) is 31.8. The first-order valence-corrected chi connectivity index (χ1v) is 9.03. The molecule has 4 rings (SSSR count). The van der Waals surface area contributed by atoms with Crippen molar-refractivity contribution in [3.8, 4) is 11.5 Å². The van der Waals surface area contributed by atoms with Crippen molar-refractivity contribution in [3.05, 3.63) is 23.3 Å². The molecule has 1 unspecified atom stereocenters. The Morgan fingerprint density at radius 2 is 2.07 bits per heavy atom. The number of benzene rings is 1. The second-order valence-corrected chi connectivity index (χ2v) is 7.18. The van der Waals surface area contributed by atoms with Gasteiger partial charge < -0.3 is 34.8 Å². The van der Waals surface area contributed by atoms with E-state index < -0.39 is 19.2 Å². The zero-order chi connectivity index (χ0) is 19.1. The number of likely N-dealkylation sites (tertiary alicyclic amines) is 1. The highest BCUT2D eigenvalue weighted by molar-refractivity contribution is 6.44. The van der Waals surface area contributed by atoms with Gasteiger partial charge in [-0.2, -0.15) is 0 Å². The molecule has 28 heavy (non-hydrogen) atoms. The minimum atomic E-state index is -1.19. The van der Waals surface area contributed by atoms with Crippen LogP contribution in [-0.2, 0) is 11.2 Å². The van der Waals surface area contributed by atoms with Crippen LogP contribution in [0, 0.1) is 0 Å². The lowest BCUT2D eigenvalue weighted by molar-refractivity contribution is -0.142. The Hall–Kier alpha value is -2.01. The number of fused-ring (bicyclic) bond motifs is 1. The average molecular weight is 413 g/mol. The lowest BCUT2D eigenvalue weighted by Gasteiger charge is -2.40. The smallest absolute Gasteiger partial charge is 0.522 e. The maximum Gasteiger partial charge on any atom is 0.522 e. The number of hydrogen-bond acceptors (Lipinski definition) is 7. The summed E-state index contributed by atoms with van der Waals surface area (Å²) in [7, 11) is -1.03. The van der Waals surface area contributed by atoms with Gasteiger partial charge in [-0.1, -0.05) is 6.07 Å². The maximum absolute atomic E-state index is 12.3. The number of β-amino-alcohol motifs (C(OH)–C–C–N with tert-alkyl or cyclic N) is 1. The fourth-order valence-corrected chi connectivity index (χ4v) is 3.71. The third-order valence-corrected chi connectivity index (χ3v) is 5.19. The zero-order valence-corrected chi connectivity index (χ0v) is 15.9. The van der Waals surface area contributed by atoms with E-state index in [0.29, 0.717) is 38.8 Å². The molecular weight excluding hydrogens is 390 g/mol. The number of aryl methyl sites for hydroxylation is 1. The molecule has 0 aliphatic carbocycles. The largest absolute Gasteiger partial charge is 0.535 e. The Bertz CT molecular complexity index is 774. The van der Waals surface area contributed by atoms with Crippen molar-refractivity contribution in [1.29, 1.82) is 0 Å². The highest BCUT2D eigenvalue weighted by atomic mass is 35.5. The van der Waals surface area contributed by atoms with E-state index in [1.54, 1.807) is 17.0 Å². The van der Waals surface area contributed by atoms with Crippen LogP contribution >= 0.6 is 12.4 Å². The van der Waals surface area contributed by atoms with Crippen LogP contribution in [0.25, 0.3) is 0 Å². The molecule has 11 heteroatoms. The molecule has 3 aliphatic heterocycles. The van der Waals surface area contributed by atoms with Gasteiger partial charge in [-0.15, -0.1) is 12.4 Å². The third kappa shape index (κ3) is 3.91. The molecule has 0 saturated carbocycles. The first kappa shape index (κ1) is 20.7. The van der Waals surface area contributed by atoms with Crippen molar-refractivity contribution >= 4 is 31.4 Å². The van der Waals surface area contributed by atoms with Crippen molar-refractivity contribution in [1.82, 2.24) is 10.2 Å². The van der Waals surface area contributed by atoms with E-state index in [1.807, 2.05) is 0 Å². The predicted molar refractivity (Wildman–Crippen MR) is 101 cm³/mol. The van der Waals surface area contributed by atoms with Crippen molar-refractivity contribution < 1.29 is 34.2 Å². The number of nitrogens with one attached hydrogen (secondary N) is 1. The number of amides is 1. The summed E-state index contributed by atoms with van der Waals surface area (Å²) < 4.78 is 11.1. The Balaban J connectivity index is 0.00000225. The summed E-state index contributed by atoms with van der Waals surface area (Å²) in [6, 6.07) is 2.96. The van der Waals surface area contributed by atoms with E-state index in [0.717, 1.165) is 5.56 Å². The van der Waals surface area contributed by atoms with Gasteiger partial charge >= 0.3 is 13.1 Å². The molecule has 1 amide bonds. The molecule has 2 saturated heterocycles. The number of carbonyl (C=O) groups excluding carboxylic acids is 1. The lowest BCUT2D eigenvalue weighted by Crippen LogP contribution is -2.59. The molecule has 1 aromatic rings. The summed E-state index contributed by atoms with van der Waals surface area (Å²) in [5.74, 6) is -0.953. The molecule has 4 N–H and O–H groups in total. The number of carboxylic acid groups (broad SMARTS) is 1. The van der Waals surface area contributed by atoms with Gasteiger partial charge in [0.25, 0.3) is 0 Å². The molecule has 2 atom stereocenters. The quantitative estimate of drug-likeness (QED) is 0.489. The van der Waals surface area contributed by atoms with Crippen LogP contribution in [0.3, 0.4) is 0 Å². The molecule has 0 radical (unpaired) electrons. The number of aliphatic hydroxyl groups excluding tert-OH is 1. The van der Waals surface area contributed by atoms with E-state index in [-0.39, 0.29) is 47.5 Å². The summed E-state index contributed by atoms with van der Waals surface area (Å²) in [4.78, 5) is 25.7. The number of nitrogens with zero attached hydrogens (tertiary/aromatic N) is 1. The van der Waals surface area contributed by atoms with Gasteiger partial charge in [-0.3, -0.25) is 4.79 Å². The van der Waals surface area contributed by atoms with Crippen LogP contribution in [-0.4, -0.2) is 77.0 Å². The number of carboxylic acids is 1. The van der Waals surface area contributed by atoms with Gasteiger partial charge in [0.1, 0.15) is 23.2 Å². The summed E-state index contributed by atoms with van der Waals surface area (Å²) in [6.45, 7) is 1.12. The first-order valence-electron chi connectivity index (χ1n) is 9.03. The number of halogens is 1. The number of ether oxygens (including phenoxy) is 1. The van der Waals surface area contributed by atoms with Gasteiger partial charge in [-0.25, -0.2) is 4.79 Å². The highest BCUT2D eigenvalue weighted by Crippen LogP contribution is 2.37. The topological polar surface area (TPSA) is 129 Å². The van der Waals surface area contributed by atoms with Crippen LogP contribution in [0.1, 0.15) is 22.3 Å². The van der Waals surface area contributed by atoms with E-state index in [9.17, 15) is 24.8 Å². The molecular formula is C17H22BClN2O7. The highest BCUT2D eigenvalue weighted by Gasteiger charge is 2.39. The summed E-state index contributed by atoms with van der Waals surface area (Å²) in [6.07, 6.45) is 0.522. The van der Waals surface area contributed by atoms with Gasteiger partial charge in [-0.05, 0) is 30.8 Å². The van der Waals surface area contributed by atoms with Crippen LogP contribution in [0.2, 0.25) is 6.32 Å². The Labute approximate surface area is 168 Å². The molecule has 1 aromatic carbocycles. The normalized spacial score (nSPS) is 23.9. The lowest BCUT2D eigenvalue weighted by atomic mass is 9.78. The zero-order valence-electron chi connectivity index (χ0n) is 15.0. The molecule has 2 fully saturated rings. The molecule has 0 bridgehead atoms. The number of aliphatic hydroxyl groups is 1. The average Bonchev–Trinajstić information content (AvgIpc) is 3.02. The predicted octanol–water partition coefficient (Wildman–Crippen LogP) is -0.466. The Morgan fingerprint density at radius 3 is 2.71 bits per heavy atom. The maximum atomic E-state index is 12.3. The fraction of sp³-hybridized carbons (Fsp3) is 0.529. The Kier molecular flexibility index (Phi) is 6.04. The molecule has 3 aliphatic rings. The number of rotatable bonds is 4.